The molecule has 1 N–H and O–H groups in total. The quantitative estimate of drug-likeness (QED) is 0.553. The lowest BCUT2D eigenvalue weighted by Crippen LogP contribution is -1.90. The fraction of sp³-hybridized carbons (Fsp3) is 0.286. The number of hydrogen-bond acceptors (Lipinski definition) is 2. The van der Waals surface area contributed by atoms with Gasteiger partial charge in [-0.2, -0.15) is 0 Å². The number of nitrogens with one attached hydrogen (secondary N) is 1. The van der Waals surface area contributed by atoms with Crippen molar-refractivity contribution in [2.45, 2.75) is 6.42 Å². The summed E-state index contributed by atoms with van der Waals surface area (Å²) in [5, 5.41) is 3.24. The van der Waals surface area contributed by atoms with E-state index in [0.717, 1.165) is 13.0 Å². The maximum Gasteiger partial charge on any atom is 0.0652 e. The Hall–Kier alpha value is -1.05. The number of anilines is 1. The van der Waals surface area contributed by atoms with Crippen LogP contribution in [0.3, 0.4) is 0 Å². The molecule has 9 heavy (non-hydrogen) atoms. The first-order chi connectivity index (χ1) is 4.47. The van der Waals surface area contributed by atoms with Gasteiger partial charge in [0.15, 0.2) is 0 Å². The van der Waals surface area contributed by atoms with E-state index in [1.807, 2.05) is 12.3 Å². The second-order valence-electron chi connectivity index (χ2n) is 2.17. The monoisotopic (exact) mass is 120 g/mol. The van der Waals surface area contributed by atoms with Gasteiger partial charge in [0.2, 0.25) is 0 Å². The topological polar surface area (TPSA) is 24.9 Å². The highest BCUT2D eigenvalue weighted by Gasteiger charge is 2.07. The van der Waals surface area contributed by atoms with Crippen molar-refractivity contribution in [3.8, 4) is 0 Å². The summed E-state index contributed by atoms with van der Waals surface area (Å²) in [6, 6.07) is 4.02. The van der Waals surface area contributed by atoms with Gasteiger partial charge < -0.3 is 5.32 Å². The van der Waals surface area contributed by atoms with E-state index in [2.05, 4.69) is 16.4 Å². The third-order valence-corrected chi connectivity index (χ3v) is 1.57. The molecular weight excluding hydrogens is 112 g/mol. The van der Waals surface area contributed by atoms with Crippen molar-refractivity contribution in [3.63, 3.8) is 0 Å². The first kappa shape index (κ1) is 4.79. The number of hydrogen-bond donors (Lipinski definition) is 1. The molecule has 0 spiro atoms. The second-order valence-corrected chi connectivity index (χ2v) is 2.17. The Morgan fingerprint density at radius 2 is 2.56 bits per heavy atom. The number of rotatable bonds is 0. The van der Waals surface area contributed by atoms with Gasteiger partial charge in [-0.3, -0.25) is 4.98 Å². The number of nitrogens with zero attached hydrogens (tertiary/aromatic N) is 1. The maximum absolute atomic E-state index is 4.20. The van der Waals surface area contributed by atoms with Crippen LogP contribution in [0.25, 0.3) is 0 Å². The Labute approximate surface area is 53.9 Å². The molecule has 0 aromatic carbocycles. The molecule has 2 heterocycles. The minimum atomic E-state index is 1.05. The second kappa shape index (κ2) is 1.72. The molecule has 0 radical (unpaired) electrons. The Bertz CT molecular complexity index is 197. The van der Waals surface area contributed by atoms with Gasteiger partial charge in [-0.25, -0.2) is 0 Å². The van der Waals surface area contributed by atoms with Crippen molar-refractivity contribution in [3.05, 3.63) is 24.0 Å². The minimum Gasteiger partial charge on any atom is -0.383 e. The van der Waals surface area contributed by atoms with Crippen LogP contribution in [0.4, 0.5) is 5.69 Å². The lowest BCUT2D eigenvalue weighted by atomic mass is 10.3. The van der Waals surface area contributed by atoms with Gasteiger partial charge in [-0.15, -0.1) is 0 Å². The van der Waals surface area contributed by atoms with Gasteiger partial charge in [0.25, 0.3) is 0 Å². The molecule has 2 rings (SSSR count). The Balaban J connectivity index is 2.54. The van der Waals surface area contributed by atoms with Crippen LogP contribution in [-0.2, 0) is 6.42 Å². The van der Waals surface area contributed by atoms with Crippen LogP contribution in [0.5, 0.6) is 0 Å². The van der Waals surface area contributed by atoms with E-state index in [9.17, 15) is 0 Å². The van der Waals surface area contributed by atoms with Crippen molar-refractivity contribution in [2.75, 3.05) is 11.9 Å². The summed E-state index contributed by atoms with van der Waals surface area (Å²) in [6.45, 7) is 1.05. The normalized spacial score (nSPS) is 14.7. The standard InChI is InChI=1S/C7H8N2/c1-2-6-7(8-4-1)3-5-9-6/h1-2,4,9H,3,5H2. The predicted octanol–water partition coefficient (Wildman–Crippen LogP) is 1.05. The average molecular weight is 120 g/mol. The summed E-state index contributed by atoms with van der Waals surface area (Å²) in [5.74, 6) is 0. The van der Waals surface area contributed by atoms with E-state index in [4.69, 9.17) is 0 Å². The van der Waals surface area contributed by atoms with Crippen LogP contribution in [-0.4, -0.2) is 11.5 Å². The molecule has 2 nitrogen and oxygen atoms in total. The molecule has 0 atom stereocenters. The van der Waals surface area contributed by atoms with Crippen molar-refractivity contribution >= 4 is 5.69 Å². The highest BCUT2D eigenvalue weighted by Crippen LogP contribution is 2.17. The largest absolute Gasteiger partial charge is 0.383 e. The van der Waals surface area contributed by atoms with E-state index in [0.29, 0.717) is 0 Å². The fourth-order valence-electron chi connectivity index (χ4n) is 1.11. The molecule has 0 saturated heterocycles. The Morgan fingerprint density at radius 1 is 1.56 bits per heavy atom. The molecule has 0 fully saturated rings. The zero-order chi connectivity index (χ0) is 6.10. The molecule has 0 saturated carbocycles. The highest BCUT2D eigenvalue weighted by atomic mass is 14.9. The lowest BCUT2D eigenvalue weighted by molar-refractivity contribution is 1.04. The maximum atomic E-state index is 4.20. The van der Waals surface area contributed by atoms with Crippen molar-refractivity contribution in [1.82, 2.24) is 4.98 Å². The van der Waals surface area contributed by atoms with E-state index in [1.165, 1.54) is 11.4 Å². The number of aromatic nitrogens is 1. The van der Waals surface area contributed by atoms with Crippen LogP contribution < -0.4 is 5.32 Å². The predicted molar refractivity (Wildman–Crippen MR) is 36.4 cm³/mol. The van der Waals surface area contributed by atoms with Crippen LogP contribution in [0.15, 0.2) is 18.3 Å². The van der Waals surface area contributed by atoms with Gasteiger partial charge in [0.05, 0.1) is 11.4 Å². The highest BCUT2D eigenvalue weighted by molar-refractivity contribution is 5.51. The molecule has 1 aliphatic heterocycles. The average Bonchev–Trinajstić information content (AvgIpc) is 2.33. The smallest absolute Gasteiger partial charge is 0.0652 e. The molecule has 0 bridgehead atoms. The molecule has 46 valence electrons. The third kappa shape index (κ3) is 0.669. The molecule has 1 aromatic heterocycles. The van der Waals surface area contributed by atoms with Gasteiger partial charge in [0, 0.05) is 19.2 Å². The van der Waals surface area contributed by atoms with Crippen molar-refractivity contribution in [1.29, 1.82) is 0 Å². The van der Waals surface area contributed by atoms with E-state index in [1.54, 1.807) is 0 Å². The summed E-state index contributed by atoms with van der Waals surface area (Å²) in [6.07, 6.45) is 2.92. The van der Waals surface area contributed by atoms with Crippen LogP contribution in [0, 0.1) is 0 Å². The zero-order valence-electron chi connectivity index (χ0n) is 5.09. The fourth-order valence-corrected chi connectivity index (χ4v) is 1.11. The van der Waals surface area contributed by atoms with E-state index >= 15 is 0 Å². The first-order valence-corrected chi connectivity index (χ1v) is 3.14. The lowest BCUT2D eigenvalue weighted by Gasteiger charge is -1.93. The number of fused-ring (bicyclic) bond motifs is 1. The van der Waals surface area contributed by atoms with Crippen molar-refractivity contribution < 1.29 is 0 Å². The summed E-state index contributed by atoms with van der Waals surface area (Å²) in [4.78, 5) is 4.20. The Morgan fingerprint density at radius 3 is 3.44 bits per heavy atom. The Kier molecular flexibility index (Phi) is 0.918. The molecule has 2 heteroatoms. The molecule has 0 amide bonds. The van der Waals surface area contributed by atoms with E-state index in [-0.39, 0.29) is 0 Å². The first-order valence-electron chi connectivity index (χ1n) is 3.14. The minimum absolute atomic E-state index is 1.05. The van der Waals surface area contributed by atoms with Gasteiger partial charge in [-0.1, -0.05) is 0 Å². The summed E-state index contributed by atoms with van der Waals surface area (Å²) in [5.41, 5.74) is 2.41. The third-order valence-electron chi connectivity index (χ3n) is 1.57. The molecule has 0 unspecified atom stereocenters. The van der Waals surface area contributed by atoms with Gasteiger partial charge >= 0.3 is 0 Å². The number of pyridine rings is 1. The SMILES string of the molecule is c1cnc2c(c1)NCC2. The molecule has 0 aliphatic carbocycles. The van der Waals surface area contributed by atoms with Gasteiger partial charge in [0.1, 0.15) is 0 Å². The van der Waals surface area contributed by atoms with Gasteiger partial charge in [-0.05, 0) is 12.1 Å². The summed E-state index contributed by atoms with van der Waals surface area (Å²) >= 11 is 0. The molecule has 1 aromatic rings. The molecule has 1 aliphatic rings. The van der Waals surface area contributed by atoms with Crippen molar-refractivity contribution in [2.24, 2.45) is 0 Å². The van der Waals surface area contributed by atoms with Crippen LogP contribution in [0.2, 0.25) is 0 Å². The zero-order valence-corrected chi connectivity index (χ0v) is 5.09. The summed E-state index contributed by atoms with van der Waals surface area (Å²) in [7, 11) is 0. The molecular formula is C7H8N2. The van der Waals surface area contributed by atoms with Crippen LogP contribution in [0.1, 0.15) is 5.69 Å². The van der Waals surface area contributed by atoms with E-state index < -0.39 is 0 Å². The summed E-state index contributed by atoms with van der Waals surface area (Å²) < 4.78 is 0. The van der Waals surface area contributed by atoms with Crippen LogP contribution >= 0.6 is 0 Å².